The van der Waals surface area contributed by atoms with E-state index < -0.39 is 17.9 Å². The van der Waals surface area contributed by atoms with Crippen LogP contribution in [0.4, 0.5) is 20.4 Å². The fraction of sp³-hybridized carbons (Fsp3) is 0.435. The molecule has 2 heterocycles. The highest BCUT2D eigenvalue weighted by Crippen LogP contribution is 2.31. The maximum Gasteiger partial charge on any atom is 0.247 e. The van der Waals surface area contributed by atoms with Crippen molar-refractivity contribution in [2.24, 2.45) is 0 Å². The zero-order chi connectivity index (χ0) is 23.4. The number of hydrogen-bond donors (Lipinski definition) is 2. The maximum atomic E-state index is 14.6. The summed E-state index contributed by atoms with van der Waals surface area (Å²) in [6, 6.07) is 4.06. The zero-order valence-electron chi connectivity index (χ0n) is 18.1. The molecule has 0 radical (unpaired) electrons. The third-order valence-corrected chi connectivity index (χ3v) is 6.29. The van der Waals surface area contributed by atoms with Gasteiger partial charge in [-0.15, -0.1) is 0 Å². The molecular weight excluding hydrogens is 452 g/mol. The lowest BCUT2D eigenvalue weighted by atomic mass is 9.88. The van der Waals surface area contributed by atoms with Gasteiger partial charge in [0, 0.05) is 30.7 Å². The van der Waals surface area contributed by atoms with Crippen LogP contribution in [0.2, 0.25) is 5.02 Å². The van der Waals surface area contributed by atoms with Gasteiger partial charge in [0.05, 0.1) is 35.8 Å². The predicted molar refractivity (Wildman–Crippen MR) is 124 cm³/mol. The number of benzene rings is 1. The summed E-state index contributed by atoms with van der Waals surface area (Å²) in [5, 5.41) is 6.02. The number of morpholine rings is 1. The molecule has 2 unspecified atom stereocenters. The summed E-state index contributed by atoms with van der Waals surface area (Å²) in [5.41, 5.74) is 0.910. The number of anilines is 2. The second-order valence-electron chi connectivity index (χ2n) is 8.16. The fourth-order valence-electron chi connectivity index (χ4n) is 4.30. The van der Waals surface area contributed by atoms with Gasteiger partial charge in [-0.05, 0) is 43.5 Å². The molecule has 176 valence electrons. The lowest BCUT2D eigenvalue weighted by molar-refractivity contribution is -0.111. The van der Waals surface area contributed by atoms with Crippen molar-refractivity contribution in [1.82, 2.24) is 14.9 Å². The van der Waals surface area contributed by atoms with Crippen LogP contribution in [-0.2, 0) is 9.53 Å². The normalized spacial score (nSPS) is 23.7. The summed E-state index contributed by atoms with van der Waals surface area (Å²) in [4.78, 5) is 22.6. The minimum absolute atomic E-state index is 0.00351. The lowest BCUT2D eigenvalue weighted by Gasteiger charge is -2.41. The molecule has 2 N–H and O–H groups in total. The molecule has 2 fully saturated rings. The number of alkyl halides is 1. The van der Waals surface area contributed by atoms with Crippen molar-refractivity contribution >= 4 is 29.1 Å². The Morgan fingerprint density at radius 1 is 1.30 bits per heavy atom. The molecule has 7 nitrogen and oxygen atoms in total. The van der Waals surface area contributed by atoms with E-state index >= 15 is 0 Å². The highest BCUT2D eigenvalue weighted by Gasteiger charge is 2.35. The minimum atomic E-state index is -0.869. The van der Waals surface area contributed by atoms with E-state index in [1.807, 2.05) is 0 Å². The van der Waals surface area contributed by atoms with Gasteiger partial charge in [0.2, 0.25) is 11.9 Å². The van der Waals surface area contributed by atoms with E-state index in [0.717, 1.165) is 19.2 Å². The first-order valence-electron chi connectivity index (χ1n) is 10.9. The molecular formula is C23H26ClF2N5O2. The summed E-state index contributed by atoms with van der Waals surface area (Å²) in [5.74, 6) is -0.756. The van der Waals surface area contributed by atoms with Gasteiger partial charge in [-0.1, -0.05) is 18.2 Å². The molecule has 1 saturated heterocycles. The van der Waals surface area contributed by atoms with E-state index in [2.05, 4.69) is 32.1 Å². The van der Waals surface area contributed by atoms with Crippen LogP contribution in [0.25, 0.3) is 11.3 Å². The fourth-order valence-corrected chi connectivity index (χ4v) is 4.50. The van der Waals surface area contributed by atoms with Gasteiger partial charge < -0.3 is 15.4 Å². The number of nitrogens with zero attached hydrogens (tertiary/aromatic N) is 3. The number of carbonyl (C=O) groups is 1. The first kappa shape index (κ1) is 23.5. The Morgan fingerprint density at radius 3 is 2.85 bits per heavy atom. The molecule has 1 aliphatic heterocycles. The monoisotopic (exact) mass is 477 g/mol. The Kier molecular flexibility index (Phi) is 7.52. The molecule has 0 spiro atoms. The smallest absolute Gasteiger partial charge is 0.247 e. The zero-order valence-corrected chi connectivity index (χ0v) is 18.8. The Balaban J connectivity index is 1.51. The van der Waals surface area contributed by atoms with Gasteiger partial charge in [-0.3, -0.25) is 9.69 Å². The molecule has 2 aromatic rings. The van der Waals surface area contributed by atoms with Crippen LogP contribution < -0.4 is 10.6 Å². The summed E-state index contributed by atoms with van der Waals surface area (Å²) >= 11 is 6.32. The van der Waals surface area contributed by atoms with Gasteiger partial charge in [-0.2, -0.15) is 0 Å². The summed E-state index contributed by atoms with van der Waals surface area (Å²) in [6.45, 7) is 6.08. The van der Waals surface area contributed by atoms with E-state index in [1.54, 1.807) is 0 Å². The van der Waals surface area contributed by atoms with E-state index in [-0.39, 0.29) is 22.8 Å². The van der Waals surface area contributed by atoms with Crippen LogP contribution >= 0.6 is 11.6 Å². The Hall–Kier alpha value is -2.62. The average molecular weight is 478 g/mol. The summed E-state index contributed by atoms with van der Waals surface area (Å²) < 4.78 is 34.2. The van der Waals surface area contributed by atoms with Crippen LogP contribution in [0.1, 0.15) is 19.3 Å². The first-order chi connectivity index (χ1) is 15.9. The van der Waals surface area contributed by atoms with E-state index in [4.69, 9.17) is 16.3 Å². The van der Waals surface area contributed by atoms with Gasteiger partial charge >= 0.3 is 0 Å². The van der Waals surface area contributed by atoms with Crippen LogP contribution in [0.3, 0.4) is 0 Å². The van der Waals surface area contributed by atoms with Crippen molar-refractivity contribution in [3.63, 3.8) is 0 Å². The van der Waals surface area contributed by atoms with E-state index in [9.17, 15) is 13.6 Å². The van der Waals surface area contributed by atoms with Gasteiger partial charge in [0.25, 0.3) is 0 Å². The summed E-state index contributed by atoms with van der Waals surface area (Å²) in [7, 11) is 0. The van der Waals surface area contributed by atoms with Crippen LogP contribution in [-0.4, -0.2) is 65.3 Å². The average Bonchev–Trinajstić information content (AvgIpc) is 2.83. The standard InChI is InChI=1S/C23H26ClF2N5O2/c1-2-21(32)29-19-11-14(3-5-17(19)25)22-16(24)13-27-23(30-22)28-15-4-6-18(26)20(12-15)31-7-9-33-10-8-31/h2-3,5,11,13,15,18,20H,1,4,6-10,12H2,(H,29,32)(H,27,28,30)/t15?,18-,20?/m1/s1. The van der Waals surface area contributed by atoms with Gasteiger partial charge in [0.15, 0.2) is 0 Å². The minimum Gasteiger partial charge on any atom is -0.379 e. The Labute approximate surface area is 196 Å². The van der Waals surface area contributed by atoms with Crippen LogP contribution in [0, 0.1) is 5.82 Å². The second-order valence-corrected chi connectivity index (χ2v) is 8.57. The highest BCUT2D eigenvalue weighted by atomic mass is 35.5. The lowest BCUT2D eigenvalue weighted by Crippen LogP contribution is -2.52. The van der Waals surface area contributed by atoms with Gasteiger partial charge in [-0.25, -0.2) is 18.7 Å². The van der Waals surface area contributed by atoms with Gasteiger partial charge in [0.1, 0.15) is 12.0 Å². The van der Waals surface area contributed by atoms with Crippen molar-refractivity contribution in [1.29, 1.82) is 0 Å². The number of amides is 1. The van der Waals surface area contributed by atoms with Crippen LogP contribution in [0.15, 0.2) is 37.1 Å². The molecule has 1 saturated carbocycles. The molecule has 4 rings (SSSR count). The molecule has 3 atom stereocenters. The van der Waals surface area contributed by atoms with E-state index in [1.165, 1.54) is 24.4 Å². The molecule has 1 aromatic carbocycles. The summed E-state index contributed by atoms with van der Waals surface area (Å²) in [6.07, 6.45) is 3.42. The van der Waals surface area contributed by atoms with Crippen molar-refractivity contribution in [2.75, 3.05) is 36.9 Å². The Bertz CT molecular complexity index is 1020. The number of ether oxygens (including phenoxy) is 1. The molecule has 1 aliphatic carbocycles. The molecule has 10 heteroatoms. The highest BCUT2D eigenvalue weighted by molar-refractivity contribution is 6.32. The van der Waals surface area contributed by atoms with Crippen molar-refractivity contribution in [2.45, 2.75) is 37.5 Å². The largest absolute Gasteiger partial charge is 0.379 e. The second kappa shape index (κ2) is 10.5. The number of rotatable bonds is 6. The van der Waals surface area contributed by atoms with Crippen LogP contribution in [0.5, 0.6) is 0 Å². The topological polar surface area (TPSA) is 79.4 Å². The third-order valence-electron chi connectivity index (χ3n) is 6.01. The molecule has 1 amide bonds. The van der Waals surface area contributed by atoms with Crippen molar-refractivity contribution in [3.05, 3.63) is 47.9 Å². The number of nitrogens with one attached hydrogen (secondary N) is 2. The quantitative estimate of drug-likeness (QED) is 0.611. The maximum absolute atomic E-state index is 14.6. The van der Waals surface area contributed by atoms with E-state index in [0.29, 0.717) is 49.7 Å². The first-order valence-corrected chi connectivity index (χ1v) is 11.3. The number of aromatic nitrogens is 2. The Morgan fingerprint density at radius 2 is 2.09 bits per heavy atom. The SMILES string of the molecule is C=CC(=O)Nc1cc(-c2nc(NC3CC[C@@H](F)C(N4CCOCC4)C3)ncc2Cl)ccc1F. The van der Waals surface area contributed by atoms with Crippen molar-refractivity contribution in [3.8, 4) is 11.3 Å². The molecule has 0 bridgehead atoms. The molecule has 2 aliphatic rings. The number of halogens is 3. The third kappa shape index (κ3) is 5.66. The molecule has 33 heavy (non-hydrogen) atoms. The number of carbonyl (C=O) groups excluding carboxylic acids is 1. The number of hydrogen-bond acceptors (Lipinski definition) is 6. The van der Waals surface area contributed by atoms with Crippen molar-refractivity contribution < 1.29 is 18.3 Å². The predicted octanol–water partition coefficient (Wildman–Crippen LogP) is 4.06. The molecule has 1 aromatic heterocycles.